The highest BCUT2D eigenvalue weighted by Gasteiger charge is 2.20. The van der Waals surface area contributed by atoms with Crippen LogP contribution in [0.4, 0.5) is 0 Å². The Hall–Kier alpha value is -1.22. The molecule has 0 spiro atoms. The maximum Gasteiger partial charge on any atom is 0.164 e. The minimum Gasteiger partial charge on any atom is -0.486 e. The zero-order valence-electron chi connectivity index (χ0n) is 7.62. The molecule has 1 heterocycles. The van der Waals surface area contributed by atoms with Gasteiger partial charge in [-0.3, -0.25) is 0 Å². The largest absolute Gasteiger partial charge is 0.486 e. The molecule has 1 aromatic rings. The maximum atomic E-state index is 5.61. The van der Waals surface area contributed by atoms with Gasteiger partial charge >= 0.3 is 0 Å². The molecule has 2 N–H and O–H groups in total. The summed E-state index contributed by atoms with van der Waals surface area (Å²) in [6.45, 7) is 3.05. The predicted molar refractivity (Wildman–Crippen MR) is 50.1 cm³/mol. The first-order valence-electron chi connectivity index (χ1n) is 4.40. The zero-order chi connectivity index (χ0) is 9.26. The molecule has 0 radical (unpaired) electrons. The van der Waals surface area contributed by atoms with Crippen LogP contribution in [0.1, 0.15) is 5.56 Å². The van der Waals surface area contributed by atoms with Gasteiger partial charge < -0.3 is 15.2 Å². The van der Waals surface area contributed by atoms with Gasteiger partial charge in [-0.15, -0.1) is 0 Å². The lowest BCUT2D eigenvalue weighted by Gasteiger charge is -2.26. The molecule has 0 bridgehead atoms. The van der Waals surface area contributed by atoms with Crippen LogP contribution in [-0.2, 0) is 0 Å². The summed E-state index contributed by atoms with van der Waals surface area (Å²) in [7, 11) is 0. The van der Waals surface area contributed by atoms with Gasteiger partial charge in [-0.25, -0.2) is 0 Å². The fourth-order valence-electron chi connectivity index (χ4n) is 1.41. The molecular weight excluding hydrogens is 166 g/mol. The third kappa shape index (κ3) is 1.47. The van der Waals surface area contributed by atoms with E-state index in [9.17, 15) is 0 Å². The first-order valence-corrected chi connectivity index (χ1v) is 4.40. The van der Waals surface area contributed by atoms with E-state index in [0.29, 0.717) is 13.2 Å². The van der Waals surface area contributed by atoms with Gasteiger partial charge in [0.05, 0.1) is 0 Å². The summed E-state index contributed by atoms with van der Waals surface area (Å²) in [6, 6.07) is 5.87. The van der Waals surface area contributed by atoms with E-state index < -0.39 is 0 Å². The smallest absolute Gasteiger partial charge is 0.164 e. The highest BCUT2D eigenvalue weighted by Crippen LogP contribution is 2.34. The van der Waals surface area contributed by atoms with Crippen LogP contribution in [0, 0.1) is 6.92 Å². The number of para-hydroxylation sites is 1. The Labute approximate surface area is 77.5 Å². The molecule has 1 aliphatic rings. The van der Waals surface area contributed by atoms with Gasteiger partial charge in [0, 0.05) is 6.54 Å². The molecule has 0 saturated carbocycles. The van der Waals surface area contributed by atoms with E-state index in [4.69, 9.17) is 15.2 Å². The summed E-state index contributed by atoms with van der Waals surface area (Å²) < 4.78 is 11.2. The van der Waals surface area contributed by atoms with Gasteiger partial charge in [-0.1, -0.05) is 12.1 Å². The van der Waals surface area contributed by atoms with Crippen molar-refractivity contribution >= 4 is 0 Å². The van der Waals surface area contributed by atoms with Crippen LogP contribution >= 0.6 is 0 Å². The van der Waals surface area contributed by atoms with E-state index in [2.05, 4.69) is 0 Å². The van der Waals surface area contributed by atoms with Crippen molar-refractivity contribution in [2.24, 2.45) is 5.73 Å². The Morgan fingerprint density at radius 3 is 3.15 bits per heavy atom. The van der Waals surface area contributed by atoms with E-state index >= 15 is 0 Å². The van der Waals surface area contributed by atoms with Crippen molar-refractivity contribution in [1.82, 2.24) is 0 Å². The van der Waals surface area contributed by atoms with Crippen LogP contribution in [0.25, 0.3) is 0 Å². The molecule has 0 amide bonds. The van der Waals surface area contributed by atoms with E-state index in [1.165, 1.54) is 0 Å². The minimum absolute atomic E-state index is 0.00528. The number of benzene rings is 1. The molecule has 0 aliphatic carbocycles. The lowest BCUT2D eigenvalue weighted by molar-refractivity contribution is 0.0961. The first kappa shape index (κ1) is 8.38. The molecule has 3 heteroatoms. The van der Waals surface area contributed by atoms with Crippen molar-refractivity contribution in [2.75, 3.05) is 13.2 Å². The summed E-state index contributed by atoms with van der Waals surface area (Å²) in [4.78, 5) is 0. The van der Waals surface area contributed by atoms with Crippen LogP contribution in [0.5, 0.6) is 11.5 Å². The number of hydrogen-bond acceptors (Lipinski definition) is 3. The van der Waals surface area contributed by atoms with Crippen molar-refractivity contribution in [3.63, 3.8) is 0 Å². The van der Waals surface area contributed by atoms with Gasteiger partial charge in [-0.05, 0) is 18.6 Å². The third-order valence-corrected chi connectivity index (χ3v) is 2.15. The topological polar surface area (TPSA) is 44.5 Å². The molecule has 1 atom stereocenters. The summed E-state index contributed by atoms with van der Waals surface area (Å²) in [5.74, 6) is 1.66. The number of hydrogen-bond donors (Lipinski definition) is 1. The van der Waals surface area contributed by atoms with Crippen molar-refractivity contribution in [3.05, 3.63) is 23.8 Å². The monoisotopic (exact) mass is 179 g/mol. The normalized spacial score (nSPS) is 20.0. The molecule has 0 fully saturated rings. The summed E-state index contributed by atoms with van der Waals surface area (Å²) >= 11 is 0. The fourth-order valence-corrected chi connectivity index (χ4v) is 1.41. The number of fused-ring (bicyclic) bond motifs is 1. The Balaban J connectivity index is 2.31. The molecule has 0 aromatic heterocycles. The second-order valence-electron chi connectivity index (χ2n) is 3.19. The number of aryl methyl sites for hydroxylation is 1. The average molecular weight is 179 g/mol. The van der Waals surface area contributed by atoms with Gasteiger partial charge in [0.1, 0.15) is 12.7 Å². The van der Waals surface area contributed by atoms with E-state index in [-0.39, 0.29) is 6.10 Å². The molecule has 0 saturated heterocycles. The second kappa shape index (κ2) is 3.26. The van der Waals surface area contributed by atoms with Crippen molar-refractivity contribution in [3.8, 4) is 11.5 Å². The summed E-state index contributed by atoms with van der Waals surface area (Å²) in [5, 5.41) is 0. The standard InChI is InChI=1S/C10H13NO2/c1-7-3-2-4-9-10(7)12-6-8(5-11)13-9/h2-4,8H,5-6,11H2,1H3. The molecule has 1 aliphatic heterocycles. The van der Waals surface area contributed by atoms with E-state index in [1.54, 1.807) is 0 Å². The van der Waals surface area contributed by atoms with Crippen molar-refractivity contribution in [1.29, 1.82) is 0 Å². The van der Waals surface area contributed by atoms with Crippen LogP contribution in [-0.4, -0.2) is 19.3 Å². The average Bonchev–Trinajstić information content (AvgIpc) is 2.18. The molecule has 1 aromatic carbocycles. The van der Waals surface area contributed by atoms with E-state index in [1.807, 2.05) is 25.1 Å². The number of rotatable bonds is 1. The van der Waals surface area contributed by atoms with Crippen LogP contribution in [0.3, 0.4) is 0 Å². The Bertz CT molecular complexity index is 312. The highest BCUT2D eigenvalue weighted by atomic mass is 16.6. The van der Waals surface area contributed by atoms with Crippen LogP contribution < -0.4 is 15.2 Å². The first-order chi connectivity index (χ1) is 6.31. The molecule has 2 rings (SSSR count). The molecule has 13 heavy (non-hydrogen) atoms. The summed E-state index contributed by atoms with van der Waals surface area (Å²) in [6.07, 6.45) is -0.00528. The lowest BCUT2D eigenvalue weighted by atomic mass is 10.2. The predicted octanol–water partition coefficient (Wildman–Crippen LogP) is 1.09. The molecule has 3 nitrogen and oxygen atoms in total. The maximum absolute atomic E-state index is 5.61. The second-order valence-corrected chi connectivity index (χ2v) is 3.19. The molecule has 1 unspecified atom stereocenters. The number of nitrogens with two attached hydrogens (primary N) is 1. The quantitative estimate of drug-likeness (QED) is 0.702. The van der Waals surface area contributed by atoms with E-state index in [0.717, 1.165) is 17.1 Å². The van der Waals surface area contributed by atoms with Gasteiger partial charge in [0.2, 0.25) is 0 Å². The molecular formula is C10H13NO2. The van der Waals surface area contributed by atoms with Gasteiger partial charge in [0.15, 0.2) is 11.5 Å². The number of ether oxygens (including phenoxy) is 2. The SMILES string of the molecule is Cc1cccc2c1OCC(CN)O2. The third-order valence-electron chi connectivity index (χ3n) is 2.15. The zero-order valence-corrected chi connectivity index (χ0v) is 7.62. The fraction of sp³-hybridized carbons (Fsp3) is 0.400. The van der Waals surface area contributed by atoms with Crippen LogP contribution in [0.2, 0.25) is 0 Å². The molecule has 70 valence electrons. The van der Waals surface area contributed by atoms with Crippen molar-refractivity contribution in [2.45, 2.75) is 13.0 Å². The lowest BCUT2D eigenvalue weighted by Crippen LogP contribution is -2.35. The Morgan fingerprint density at radius 2 is 2.38 bits per heavy atom. The van der Waals surface area contributed by atoms with Gasteiger partial charge in [0.25, 0.3) is 0 Å². The van der Waals surface area contributed by atoms with Crippen molar-refractivity contribution < 1.29 is 9.47 Å². The highest BCUT2D eigenvalue weighted by molar-refractivity contribution is 5.46. The van der Waals surface area contributed by atoms with Gasteiger partial charge in [-0.2, -0.15) is 0 Å². The summed E-state index contributed by atoms with van der Waals surface area (Å²) in [5.41, 5.74) is 6.60. The minimum atomic E-state index is -0.00528. The van der Waals surface area contributed by atoms with Crippen LogP contribution in [0.15, 0.2) is 18.2 Å². The Kier molecular flexibility index (Phi) is 2.10. The Morgan fingerprint density at radius 1 is 1.54 bits per heavy atom.